The fraction of sp³-hybridized carbons (Fsp3) is 0.878. The first-order valence-corrected chi connectivity index (χ1v) is 20.1. The van der Waals surface area contributed by atoms with Crippen molar-refractivity contribution in [3.8, 4) is 0 Å². The molecule has 272 valence electrons. The summed E-state index contributed by atoms with van der Waals surface area (Å²) < 4.78 is 0. The Balaban J connectivity index is 3.57. The lowest BCUT2D eigenvalue weighted by Crippen LogP contribution is -2.50. The Morgan fingerprint density at radius 1 is 0.522 bits per heavy atom. The summed E-state index contributed by atoms with van der Waals surface area (Å²) in [6.07, 6.45) is 43.0. The molecule has 0 aromatic heterocycles. The quantitative estimate of drug-likeness (QED) is 0.0401. The lowest BCUT2D eigenvalue weighted by Gasteiger charge is -2.26. The van der Waals surface area contributed by atoms with E-state index >= 15 is 0 Å². The van der Waals surface area contributed by atoms with Gasteiger partial charge in [0.15, 0.2) is 0 Å². The smallest absolute Gasteiger partial charge is 0.220 e. The van der Waals surface area contributed by atoms with Crippen molar-refractivity contribution in [2.45, 2.75) is 225 Å². The highest BCUT2D eigenvalue weighted by Crippen LogP contribution is 2.15. The molecule has 0 bridgehead atoms. The monoisotopic (exact) mass is 650 g/mol. The molecule has 3 unspecified atom stereocenters. The lowest BCUT2D eigenvalue weighted by molar-refractivity contribution is -0.124. The van der Waals surface area contributed by atoms with Gasteiger partial charge in [-0.05, 0) is 64.2 Å². The molecule has 4 N–H and O–H groups in total. The van der Waals surface area contributed by atoms with Crippen LogP contribution in [0.4, 0.5) is 0 Å². The summed E-state index contributed by atoms with van der Waals surface area (Å²) in [5, 5.41) is 33.2. The molecule has 0 heterocycles. The van der Waals surface area contributed by atoms with Gasteiger partial charge in [-0.1, -0.05) is 160 Å². The number of aliphatic hydroxyl groups is 3. The molecule has 1 amide bonds. The standard InChI is InChI=1S/C41H79NO4/c1-3-5-7-9-11-13-14-15-16-17-18-19-20-21-22-23-24-25-26-27-28-30-32-34-36-40(45)42-38(37-43)41(46)39(44)35-33-31-29-12-10-8-6-4-2/h12,21-22,29,38-39,41,43-44,46H,3-11,13-20,23-28,30-37H2,1-2H3,(H,42,45)/b22-21-,29-12+. The maximum atomic E-state index is 12.3. The predicted molar refractivity (Wildman–Crippen MR) is 199 cm³/mol. The molecule has 0 aliphatic heterocycles. The molecule has 0 saturated heterocycles. The zero-order valence-corrected chi connectivity index (χ0v) is 30.7. The third kappa shape index (κ3) is 31.4. The Morgan fingerprint density at radius 3 is 1.30 bits per heavy atom. The normalized spacial score (nSPS) is 13.9. The second-order valence-electron chi connectivity index (χ2n) is 13.8. The van der Waals surface area contributed by atoms with Gasteiger partial charge in [0.1, 0.15) is 6.10 Å². The average Bonchev–Trinajstić information content (AvgIpc) is 3.06. The van der Waals surface area contributed by atoms with Gasteiger partial charge in [-0.25, -0.2) is 0 Å². The zero-order chi connectivity index (χ0) is 33.8. The molecule has 46 heavy (non-hydrogen) atoms. The maximum absolute atomic E-state index is 12.3. The van der Waals surface area contributed by atoms with Crippen molar-refractivity contribution in [1.82, 2.24) is 5.32 Å². The van der Waals surface area contributed by atoms with E-state index in [1.165, 1.54) is 141 Å². The van der Waals surface area contributed by atoms with Gasteiger partial charge in [0.25, 0.3) is 0 Å². The van der Waals surface area contributed by atoms with Crippen molar-refractivity contribution in [1.29, 1.82) is 0 Å². The van der Waals surface area contributed by atoms with Crippen LogP contribution in [0.15, 0.2) is 24.3 Å². The molecule has 0 spiro atoms. The lowest BCUT2D eigenvalue weighted by atomic mass is 10.0. The van der Waals surface area contributed by atoms with Crippen LogP contribution in [0.25, 0.3) is 0 Å². The Hall–Kier alpha value is -1.17. The molecule has 0 aliphatic carbocycles. The molecule has 5 nitrogen and oxygen atoms in total. The van der Waals surface area contributed by atoms with Crippen LogP contribution in [-0.4, -0.2) is 46.1 Å². The van der Waals surface area contributed by atoms with Gasteiger partial charge in [0, 0.05) is 6.42 Å². The molecule has 0 saturated carbocycles. The summed E-state index contributed by atoms with van der Waals surface area (Å²) >= 11 is 0. The van der Waals surface area contributed by atoms with Crippen molar-refractivity contribution in [2.75, 3.05) is 6.61 Å². The van der Waals surface area contributed by atoms with Gasteiger partial charge >= 0.3 is 0 Å². The number of unbranched alkanes of at least 4 members (excludes halogenated alkanes) is 24. The van der Waals surface area contributed by atoms with Crippen LogP contribution in [-0.2, 0) is 4.79 Å². The first kappa shape index (κ1) is 44.8. The second kappa shape index (κ2) is 36.7. The third-order valence-corrected chi connectivity index (χ3v) is 9.28. The largest absolute Gasteiger partial charge is 0.394 e. The highest BCUT2D eigenvalue weighted by molar-refractivity contribution is 5.76. The summed E-state index contributed by atoms with van der Waals surface area (Å²) in [6.45, 7) is 4.10. The van der Waals surface area contributed by atoms with Crippen LogP contribution < -0.4 is 5.32 Å². The topological polar surface area (TPSA) is 89.8 Å². The van der Waals surface area contributed by atoms with Crippen molar-refractivity contribution in [3.05, 3.63) is 24.3 Å². The number of amides is 1. The average molecular weight is 650 g/mol. The van der Waals surface area contributed by atoms with E-state index in [2.05, 4.69) is 43.5 Å². The number of aliphatic hydroxyl groups excluding tert-OH is 3. The Morgan fingerprint density at radius 2 is 0.870 bits per heavy atom. The predicted octanol–water partition coefficient (Wildman–Crippen LogP) is 11.0. The Kier molecular flexibility index (Phi) is 35.7. The van der Waals surface area contributed by atoms with Gasteiger partial charge in [0.05, 0.1) is 18.8 Å². The molecule has 0 aromatic carbocycles. The minimum absolute atomic E-state index is 0.160. The molecule has 0 aliphatic rings. The van der Waals surface area contributed by atoms with E-state index < -0.39 is 18.2 Å². The van der Waals surface area contributed by atoms with Crippen LogP contribution in [0.1, 0.15) is 206 Å². The number of carbonyl (C=O) groups excluding carboxylic acids is 1. The first-order valence-electron chi connectivity index (χ1n) is 20.1. The summed E-state index contributed by atoms with van der Waals surface area (Å²) in [4.78, 5) is 12.3. The van der Waals surface area contributed by atoms with Gasteiger partial charge < -0.3 is 20.6 Å². The molecule has 0 aromatic rings. The zero-order valence-electron chi connectivity index (χ0n) is 30.7. The van der Waals surface area contributed by atoms with Crippen LogP contribution in [0.5, 0.6) is 0 Å². The van der Waals surface area contributed by atoms with E-state index in [-0.39, 0.29) is 12.5 Å². The number of hydrogen-bond acceptors (Lipinski definition) is 4. The van der Waals surface area contributed by atoms with E-state index in [4.69, 9.17) is 0 Å². The molecule has 0 rings (SSSR count). The number of hydrogen-bond donors (Lipinski definition) is 4. The summed E-state index contributed by atoms with van der Waals surface area (Å²) in [6, 6.07) is -0.823. The van der Waals surface area contributed by atoms with Gasteiger partial charge in [0.2, 0.25) is 5.91 Å². The fourth-order valence-electron chi connectivity index (χ4n) is 6.10. The van der Waals surface area contributed by atoms with Gasteiger partial charge in [-0.15, -0.1) is 0 Å². The number of rotatable bonds is 36. The molecular formula is C41H79NO4. The minimum atomic E-state index is -1.16. The van der Waals surface area contributed by atoms with E-state index in [1.807, 2.05) is 0 Å². The molecule has 5 heteroatoms. The van der Waals surface area contributed by atoms with Crippen LogP contribution in [0.3, 0.4) is 0 Å². The summed E-state index contributed by atoms with van der Waals surface area (Å²) in [7, 11) is 0. The minimum Gasteiger partial charge on any atom is -0.394 e. The van der Waals surface area contributed by atoms with E-state index in [0.717, 1.165) is 38.5 Å². The maximum Gasteiger partial charge on any atom is 0.220 e. The van der Waals surface area contributed by atoms with Crippen molar-refractivity contribution in [3.63, 3.8) is 0 Å². The van der Waals surface area contributed by atoms with Gasteiger partial charge in [-0.3, -0.25) is 4.79 Å². The SMILES string of the molecule is CCCCC/C=C/CCCC(O)C(O)C(CO)NC(=O)CCCCCCCCCC/C=C\CCCCCCCCCCCCCC. The number of nitrogens with one attached hydrogen (secondary N) is 1. The Labute approximate surface area is 286 Å². The highest BCUT2D eigenvalue weighted by Gasteiger charge is 2.26. The summed E-state index contributed by atoms with van der Waals surface area (Å²) in [5.74, 6) is -0.160. The van der Waals surface area contributed by atoms with E-state index in [1.54, 1.807) is 0 Å². The highest BCUT2D eigenvalue weighted by atomic mass is 16.3. The molecule has 3 atom stereocenters. The summed E-state index contributed by atoms with van der Waals surface area (Å²) in [5.41, 5.74) is 0. The molecule has 0 fully saturated rings. The molecular weight excluding hydrogens is 570 g/mol. The van der Waals surface area contributed by atoms with E-state index in [0.29, 0.717) is 12.8 Å². The number of allylic oxidation sites excluding steroid dienone is 4. The molecule has 0 radical (unpaired) electrons. The fourth-order valence-corrected chi connectivity index (χ4v) is 6.10. The van der Waals surface area contributed by atoms with Crippen LogP contribution in [0.2, 0.25) is 0 Å². The van der Waals surface area contributed by atoms with E-state index in [9.17, 15) is 20.1 Å². The first-order chi connectivity index (χ1) is 22.6. The van der Waals surface area contributed by atoms with Crippen molar-refractivity contribution < 1.29 is 20.1 Å². The van der Waals surface area contributed by atoms with Crippen molar-refractivity contribution in [2.24, 2.45) is 0 Å². The third-order valence-electron chi connectivity index (χ3n) is 9.28. The van der Waals surface area contributed by atoms with Crippen molar-refractivity contribution >= 4 is 5.91 Å². The van der Waals surface area contributed by atoms with Gasteiger partial charge in [-0.2, -0.15) is 0 Å². The van der Waals surface area contributed by atoms with Crippen LogP contribution in [0, 0.1) is 0 Å². The second-order valence-corrected chi connectivity index (χ2v) is 13.8. The number of carbonyl (C=O) groups is 1. The Bertz CT molecular complexity index is 679. The van der Waals surface area contributed by atoms with Crippen LogP contribution >= 0.6 is 0 Å².